The van der Waals surface area contributed by atoms with Gasteiger partial charge in [-0.3, -0.25) is 19.2 Å². The quantitative estimate of drug-likeness (QED) is 0.0882. The maximum atomic E-state index is 14.1. The zero-order chi connectivity index (χ0) is 43.6. The normalized spacial score (nSPS) is 29.4. The van der Waals surface area contributed by atoms with Crippen LogP contribution >= 0.6 is 0 Å². The summed E-state index contributed by atoms with van der Waals surface area (Å²) in [6.07, 6.45) is -17.2. The van der Waals surface area contributed by atoms with Crippen LogP contribution in [0, 0.1) is 6.92 Å². The number of benzene rings is 3. The number of phenolic OH excluding ortho intramolecular Hbond substituents is 3. The third-order valence-corrected chi connectivity index (χ3v) is 10.9. The topological polar surface area (TPSA) is 329 Å². The van der Waals surface area contributed by atoms with Crippen LogP contribution in [-0.2, 0) is 23.7 Å². The number of rotatable bonds is 10. The Kier molecular flexibility index (Phi) is 11.5. The molecular formula is C40H41NO19. The van der Waals surface area contributed by atoms with E-state index in [0.29, 0.717) is 0 Å². The molecule has 4 aliphatic rings. The van der Waals surface area contributed by atoms with Crippen LogP contribution in [0.4, 0.5) is 0 Å². The molecule has 0 bridgehead atoms. The number of phenols is 3. The first kappa shape index (κ1) is 42.6. The van der Waals surface area contributed by atoms with Gasteiger partial charge in [0.05, 0.1) is 29.4 Å². The van der Waals surface area contributed by atoms with Gasteiger partial charge in [-0.05, 0) is 42.7 Å². The molecule has 0 aromatic heterocycles. The van der Waals surface area contributed by atoms with E-state index in [0.717, 1.165) is 12.1 Å². The molecule has 0 radical (unpaired) electrons. The molecule has 0 unspecified atom stereocenters. The van der Waals surface area contributed by atoms with Crippen LogP contribution in [0.5, 0.6) is 23.0 Å². The highest BCUT2D eigenvalue weighted by atomic mass is 16.7. The van der Waals surface area contributed by atoms with Crippen LogP contribution in [0.3, 0.4) is 0 Å². The Balaban J connectivity index is 1.35. The van der Waals surface area contributed by atoms with Crippen molar-refractivity contribution in [1.29, 1.82) is 0 Å². The summed E-state index contributed by atoms with van der Waals surface area (Å²) in [6, 6.07) is 4.56. The summed E-state index contributed by atoms with van der Waals surface area (Å²) in [7, 11) is 0. The Morgan fingerprint density at radius 2 is 1.50 bits per heavy atom. The number of carbonyl (C=O) groups is 4. The fraction of sp³-hybridized carbons (Fsp3) is 0.400. The number of amides is 1. The van der Waals surface area contributed by atoms with Crippen molar-refractivity contribution in [1.82, 2.24) is 5.32 Å². The minimum Gasteiger partial charge on any atom is -0.507 e. The van der Waals surface area contributed by atoms with E-state index >= 15 is 0 Å². The van der Waals surface area contributed by atoms with Gasteiger partial charge in [0.15, 0.2) is 24.1 Å². The maximum absolute atomic E-state index is 14.1. The fourth-order valence-corrected chi connectivity index (χ4v) is 7.91. The van der Waals surface area contributed by atoms with E-state index in [2.05, 4.69) is 11.9 Å². The first-order valence-electron chi connectivity index (χ1n) is 18.5. The third kappa shape index (κ3) is 7.05. The van der Waals surface area contributed by atoms with Crippen LogP contribution < -0.4 is 10.1 Å². The molecule has 2 heterocycles. The van der Waals surface area contributed by atoms with Gasteiger partial charge in [0.1, 0.15) is 85.0 Å². The highest BCUT2D eigenvalue weighted by Crippen LogP contribution is 2.57. The number of ketones is 2. The molecule has 320 valence electrons. The lowest BCUT2D eigenvalue weighted by atomic mass is 9.74. The van der Waals surface area contributed by atoms with E-state index in [-0.39, 0.29) is 34.6 Å². The van der Waals surface area contributed by atoms with Crippen molar-refractivity contribution in [3.63, 3.8) is 0 Å². The molecule has 3 aromatic carbocycles. The summed E-state index contributed by atoms with van der Waals surface area (Å²) in [5.41, 5.74) is -3.74. The molecule has 7 rings (SSSR count). The number of aliphatic hydroxyl groups excluding tert-OH is 6. The average Bonchev–Trinajstić information content (AvgIpc) is 3.19. The molecule has 2 aliphatic carbocycles. The van der Waals surface area contributed by atoms with E-state index in [9.17, 15) is 70.2 Å². The Hall–Kier alpha value is -5.52. The largest absolute Gasteiger partial charge is 0.507 e. The van der Waals surface area contributed by atoms with Crippen molar-refractivity contribution in [2.75, 3.05) is 19.8 Å². The number of aromatic hydroxyl groups is 3. The monoisotopic (exact) mass is 839 g/mol. The number of carbonyl (C=O) groups excluding carboxylic acids is 3. The van der Waals surface area contributed by atoms with Crippen molar-refractivity contribution in [2.24, 2.45) is 0 Å². The lowest BCUT2D eigenvalue weighted by Gasteiger charge is -2.45. The number of nitrogens with one attached hydrogen (secondary N) is 1. The van der Waals surface area contributed by atoms with Gasteiger partial charge in [-0.1, -0.05) is 18.7 Å². The number of hydrogen-bond donors (Lipinski definition) is 11. The summed E-state index contributed by atoms with van der Waals surface area (Å²) in [5.74, 6) is -6.87. The summed E-state index contributed by atoms with van der Waals surface area (Å²) in [5, 5.41) is 111. The number of hydrogen-bond acceptors (Lipinski definition) is 18. The zero-order valence-electron chi connectivity index (χ0n) is 31.7. The van der Waals surface area contributed by atoms with Crippen molar-refractivity contribution >= 4 is 23.4 Å². The number of carboxylic acid groups (broad SMARTS) is 1. The molecule has 20 nitrogen and oxygen atoms in total. The van der Waals surface area contributed by atoms with Crippen molar-refractivity contribution in [3.05, 3.63) is 81.4 Å². The van der Waals surface area contributed by atoms with E-state index in [1.165, 1.54) is 32.1 Å². The molecule has 0 spiro atoms. The number of aryl methyl sites for hydroxylation is 1. The van der Waals surface area contributed by atoms with Crippen LogP contribution in [0.15, 0.2) is 36.9 Å². The molecule has 11 atom stereocenters. The van der Waals surface area contributed by atoms with Gasteiger partial charge < -0.3 is 80.1 Å². The van der Waals surface area contributed by atoms with Gasteiger partial charge in [0, 0.05) is 28.3 Å². The van der Waals surface area contributed by atoms with E-state index in [1.54, 1.807) is 0 Å². The molecule has 2 fully saturated rings. The number of fused-ring (bicyclic) bond motifs is 5. The highest BCUT2D eigenvalue weighted by Gasteiger charge is 2.51. The lowest BCUT2D eigenvalue weighted by Crippen LogP contribution is -2.62. The SMILES string of the molecule is C=CCOc1cc(O)c2c(c1)C(=O)c1c(cc3c(c1O)-c1c(cc(C)c(C(=O)NCC(=O)O)c1O)[C@H](O[C@@H]1O[C@H](C)[C@H](O)[C@H](O[C@@H]4OC[C@@H](O)[C@H](O)[C@H]4O)[C@H]1O)[C@H]3O)C2=O. The number of ether oxygens (including phenoxy) is 5. The minimum atomic E-state index is -1.96. The van der Waals surface area contributed by atoms with Crippen LogP contribution in [0.25, 0.3) is 11.1 Å². The standard InChI is InChI=1S/C40H41NO19/c1-4-5-56-14-7-15-23(19(42)8-14)28(47)17-9-16-24(33(52)26(17)29(15)48)25-18(6-12(2)22(32(25)51)38(55)41-10-21(44)45)36(30(16)49)59-40-35(54)37(27(46)13(3)58-40)60-39-34(53)31(50)20(43)11-57-39/h4,6-9,13,20,27,30-31,34-37,39-40,42-43,46,49-54H,1,5,10-11H2,2-3H3,(H,41,55)(H,44,45)/t13-,20-,27+,30+,31+,34-,35-,36+,37+,39+,40+/m1/s1. The van der Waals surface area contributed by atoms with E-state index < -0.39 is 155 Å². The van der Waals surface area contributed by atoms with E-state index in [1.807, 2.05) is 0 Å². The van der Waals surface area contributed by atoms with Crippen LogP contribution in [-0.4, -0.2) is 150 Å². The van der Waals surface area contributed by atoms with Gasteiger partial charge in [0.25, 0.3) is 5.91 Å². The molecular weight excluding hydrogens is 798 g/mol. The van der Waals surface area contributed by atoms with Gasteiger partial charge in [0.2, 0.25) is 0 Å². The summed E-state index contributed by atoms with van der Waals surface area (Å²) in [6.45, 7) is 4.90. The maximum Gasteiger partial charge on any atom is 0.322 e. The molecule has 3 aromatic rings. The summed E-state index contributed by atoms with van der Waals surface area (Å²) in [4.78, 5) is 52.8. The van der Waals surface area contributed by atoms with Gasteiger partial charge in [-0.15, -0.1) is 0 Å². The Morgan fingerprint density at radius 1 is 0.833 bits per heavy atom. The molecule has 2 aliphatic heterocycles. The lowest BCUT2D eigenvalue weighted by molar-refractivity contribution is -0.353. The molecule has 11 N–H and O–H groups in total. The Labute approximate surface area is 339 Å². The van der Waals surface area contributed by atoms with Gasteiger partial charge in [-0.2, -0.15) is 0 Å². The second-order valence-electron chi connectivity index (χ2n) is 14.7. The first-order chi connectivity index (χ1) is 28.4. The summed E-state index contributed by atoms with van der Waals surface area (Å²) >= 11 is 0. The predicted octanol–water partition coefficient (Wildman–Crippen LogP) is -0.671. The van der Waals surface area contributed by atoms with Crippen molar-refractivity contribution in [3.8, 4) is 34.1 Å². The van der Waals surface area contributed by atoms with Crippen molar-refractivity contribution in [2.45, 2.75) is 81.4 Å². The fourth-order valence-electron chi connectivity index (χ4n) is 7.91. The smallest absolute Gasteiger partial charge is 0.322 e. The number of aliphatic carboxylic acids is 1. The summed E-state index contributed by atoms with van der Waals surface area (Å²) < 4.78 is 28.4. The Morgan fingerprint density at radius 3 is 2.18 bits per heavy atom. The Bertz CT molecular complexity index is 2290. The highest BCUT2D eigenvalue weighted by molar-refractivity contribution is 6.31. The first-order valence-corrected chi connectivity index (χ1v) is 18.5. The molecule has 20 heteroatoms. The van der Waals surface area contributed by atoms with Gasteiger partial charge >= 0.3 is 5.97 Å². The second kappa shape index (κ2) is 16.2. The minimum absolute atomic E-state index is 0.00200. The molecule has 1 amide bonds. The van der Waals surface area contributed by atoms with Crippen LogP contribution in [0.2, 0.25) is 0 Å². The molecule has 60 heavy (non-hydrogen) atoms. The van der Waals surface area contributed by atoms with Gasteiger partial charge in [-0.25, -0.2) is 0 Å². The van der Waals surface area contributed by atoms with E-state index in [4.69, 9.17) is 23.7 Å². The second-order valence-corrected chi connectivity index (χ2v) is 14.7. The third-order valence-electron chi connectivity index (χ3n) is 10.9. The number of carboxylic acids is 1. The molecule has 0 saturated carbocycles. The van der Waals surface area contributed by atoms with Crippen molar-refractivity contribution < 1.29 is 93.9 Å². The predicted molar refractivity (Wildman–Crippen MR) is 198 cm³/mol. The zero-order valence-corrected chi connectivity index (χ0v) is 31.7. The molecule has 2 saturated heterocycles. The van der Waals surface area contributed by atoms with Crippen LogP contribution in [0.1, 0.15) is 78.0 Å². The average molecular weight is 840 g/mol. The number of aliphatic hydroxyl groups is 6.